The molecule has 0 aromatic carbocycles. The Morgan fingerprint density at radius 3 is 2.72 bits per heavy atom. The summed E-state index contributed by atoms with van der Waals surface area (Å²) < 4.78 is 5.92. The van der Waals surface area contributed by atoms with Crippen molar-refractivity contribution in [3.05, 3.63) is 30.1 Å². The van der Waals surface area contributed by atoms with Crippen LogP contribution in [0.15, 0.2) is 30.1 Å². The van der Waals surface area contributed by atoms with Gasteiger partial charge in [-0.2, -0.15) is 0 Å². The molecule has 156 valence electrons. The van der Waals surface area contributed by atoms with E-state index in [0.717, 1.165) is 45.1 Å². The van der Waals surface area contributed by atoms with E-state index in [1.165, 1.54) is 19.3 Å². The molecule has 5 rings (SSSR count). The Balaban J connectivity index is 1.27. The second-order valence-corrected chi connectivity index (χ2v) is 9.68. The van der Waals surface area contributed by atoms with Crippen LogP contribution in [0.2, 0.25) is 0 Å². The van der Waals surface area contributed by atoms with Crippen molar-refractivity contribution in [1.82, 2.24) is 14.9 Å². The Kier molecular flexibility index (Phi) is 4.85. The Hall–Kier alpha value is -1.95. The van der Waals surface area contributed by atoms with Crippen molar-refractivity contribution < 1.29 is 9.53 Å². The number of allylic oxidation sites excluding steroid dienone is 1. The van der Waals surface area contributed by atoms with Gasteiger partial charge in [-0.05, 0) is 36.7 Å². The predicted octanol–water partition coefficient (Wildman–Crippen LogP) is 2.91. The number of fused-ring (bicyclic) bond motifs is 2. The highest BCUT2D eigenvalue weighted by Crippen LogP contribution is 2.54. The first-order chi connectivity index (χ1) is 14.0. The van der Waals surface area contributed by atoms with Crippen LogP contribution in [0.5, 0.6) is 0 Å². The number of hydrogen-bond donors (Lipinski definition) is 0. The standard InChI is InChI=1S/C23H32N4O2/c1-16-5-3-6-23(2)14-20-17(13-19(16)23)18(21(28)29-20)15-26-9-11-27(12-10-26)22-24-7-4-8-25-22/h4,7-8,13,16-18,20H,3,5-6,9-12,14-15H2,1-2H3/t16-,17+,18-,20-,23+/m1/s1. The topological polar surface area (TPSA) is 58.6 Å². The van der Waals surface area contributed by atoms with Gasteiger partial charge in [0.25, 0.3) is 0 Å². The molecule has 6 heteroatoms. The minimum atomic E-state index is -0.0225. The van der Waals surface area contributed by atoms with Crippen molar-refractivity contribution in [2.45, 2.75) is 45.6 Å². The summed E-state index contributed by atoms with van der Waals surface area (Å²) in [6.45, 7) is 9.22. The number of esters is 1. The molecule has 0 unspecified atom stereocenters. The summed E-state index contributed by atoms with van der Waals surface area (Å²) in [6, 6.07) is 1.85. The van der Waals surface area contributed by atoms with Crippen LogP contribution in [0.4, 0.5) is 5.95 Å². The normalized spacial score (nSPS) is 37.5. The fourth-order valence-corrected chi connectivity index (χ4v) is 6.12. The zero-order valence-electron chi connectivity index (χ0n) is 17.6. The fraction of sp³-hybridized carbons (Fsp3) is 0.696. The lowest BCUT2D eigenvalue weighted by atomic mass is 9.59. The van der Waals surface area contributed by atoms with Gasteiger partial charge in [0, 0.05) is 51.0 Å². The van der Waals surface area contributed by atoms with E-state index < -0.39 is 0 Å². The number of aromatic nitrogens is 2. The average molecular weight is 397 g/mol. The highest BCUT2D eigenvalue weighted by molar-refractivity contribution is 5.76. The van der Waals surface area contributed by atoms with Gasteiger partial charge in [0.2, 0.25) is 5.95 Å². The minimum Gasteiger partial charge on any atom is -0.461 e. The molecule has 1 aromatic rings. The van der Waals surface area contributed by atoms with Gasteiger partial charge < -0.3 is 9.64 Å². The SMILES string of the molecule is C[C@@H]1CCC[C@@]2(C)C[C@H]3OC(=O)[C@H](CN4CCN(c5ncccn5)CC4)[C@@H]3C=C12. The maximum absolute atomic E-state index is 12.8. The predicted molar refractivity (Wildman–Crippen MR) is 111 cm³/mol. The third-order valence-corrected chi connectivity index (χ3v) is 7.74. The van der Waals surface area contributed by atoms with Gasteiger partial charge in [0.15, 0.2) is 0 Å². The smallest absolute Gasteiger partial charge is 0.311 e. The minimum absolute atomic E-state index is 0.0144. The van der Waals surface area contributed by atoms with Crippen molar-refractivity contribution in [3.63, 3.8) is 0 Å². The summed E-state index contributed by atoms with van der Waals surface area (Å²) in [6.07, 6.45) is 10.9. The van der Waals surface area contributed by atoms with Crippen molar-refractivity contribution >= 4 is 11.9 Å². The Morgan fingerprint density at radius 2 is 1.97 bits per heavy atom. The van der Waals surface area contributed by atoms with E-state index in [1.807, 2.05) is 6.07 Å². The van der Waals surface area contributed by atoms with Crippen LogP contribution in [0.25, 0.3) is 0 Å². The van der Waals surface area contributed by atoms with Gasteiger partial charge >= 0.3 is 5.97 Å². The molecule has 0 amide bonds. The lowest BCUT2D eigenvalue weighted by molar-refractivity contribution is -0.145. The molecule has 2 saturated heterocycles. The van der Waals surface area contributed by atoms with Crippen molar-refractivity contribution in [2.24, 2.45) is 23.2 Å². The van der Waals surface area contributed by atoms with Crippen LogP contribution in [-0.4, -0.2) is 59.7 Å². The van der Waals surface area contributed by atoms with E-state index in [9.17, 15) is 4.79 Å². The number of ether oxygens (including phenoxy) is 1. The summed E-state index contributed by atoms with van der Waals surface area (Å²) in [4.78, 5) is 26.2. The summed E-state index contributed by atoms with van der Waals surface area (Å²) >= 11 is 0. The molecule has 0 radical (unpaired) electrons. The molecule has 3 fully saturated rings. The van der Waals surface area contributed by atoms with Crippen molar-refractivity contribution in [2.75, 3.05) is 37.6 Å². The van der Waals surface area contributed by atoms with Crippen LogP contribution in [0, 0.1) is 23.2 Å². The number of carbonyl (C=O) groups excluding carboxylic acids is 1. The number of anilines is 1. The second kappa shape index (κ2) is 7.38. The highest BCUT2D eigenvalue weighted by Gasteiger charge is 2.52. The molecular weight excluding hydrogens is 364 g/mol. The first-order valence-electron chi connectivity index (χ1n) is 11.2. The first kappa shape index (κ1) is 19.0. The van der Waals surface area contributed by atoms with Crippen LogP contribution in [-0.2, 0) is 9.53 Å². The molecule has 6 nitrogen and oxygen atoms in total. The number of piperazine rings is 1. The summed E-state index contributed by atoms with van der Waals surface area (Å²) in [5.41, 5.74) is 1.83. The summed E-state index contributed by atoms with van der Waals surface area (Å²) in [5.74, 6) is 1.68. The Labute approximate surface area is 173 Å². The van der Waals surface area contributed by atoms with Crippen LogP contribution in [0.1, 0.15) is 39.5 Å². The molecule has 29 heavy (non-hydrogen) atoms. The monoisotopic (exact) mass is 396 g/mol. The Bertz CT molecular complexity index is 789. The molecule has 1 saturated carbocycles. The molecule has 2 aliphatic carbocycles. The van der Waals surface area contributed by atoms with E-state index >= 15 is 0 Å². The van der Waals surface area contributed by atoms with E-state index in [4.69, 9.17) is 4.74 Å². The number of hydrogen-bond acceptors (Lipinski definition) is 6. The molecule has 2 aliphatic heterocycles. The molecule has 3 heterocycles. The zero-order valence-corrected chi connectivity index (χ0v) is 17.6. The molecule has 4 aliphatic rings. The number of carbonyl (C=O) groups is 1. The maximum atomic E-state index is 12.8. The van der Waals surface area contributed by atoms with E-state index in [1.54, 1.807) is 18.0 Å². The molecule has 1 aromatic heterocycles. The molecule has 0 bridgehead atoms. The van der Waals surface area contributed by atoms with Crippen LogP contribution >= 0.6 is 0 Å². The quantitative estimate of drug-likeness (QED) is 0.578. The summed E-state index contributed by atoms with van der Waals surface area (Å²) in [7, 11) is 0. The van der Waals surface area contributed by atoms with Gasteiger partial charge in [-0.25, -0.2) is 9.97 Å². The van der Waals surface area contributed by atoms with E-state index in [-0.39, 0.29) is 29.3 Å². The number of nitrogens with zero attached hydrogens (tertiary/aromatic N) is 4. The zero-order chi connectivity index (χ0) is 20.0. The van der Waals surface area contributed by atoms with Gasteiger partial charge in [0.1, 0.15) is 6.10 Å². The van der Waals surface area contributed by atoms with Crippen LogP contribution < -0.4 is 4.90 Å². The van der Waals surface area contributed by atoms with Gasteiger partial charge in [-0.3, -0.25) is 9.69 Å². The van der Waals surface area contributed by atoms with Gasteiger partial charge in [0.05, 0.1) is 5.92 Å². The summed E-state index contributed by atoms with van der Waals surface area (Å²) in [5, 5.41) is 0. The maximum Gasteiger partial charge on any atom is 0.311 e. The van der Waals surface area contributed by atoms with Gasteiger partial charge in [-0.15, -0.1) is 0 Å². The molecular formula is C23H32N4O2. The van der Waals surface area contributed by atoms with Gasteiger partial charge in [-0.1, -0.05) is 31.9 Å². The third kappa shape index (κ3) is 3.45. The lowest BCUT2D eigenvalue weighted by Crippen LogP contribution is -2.49. The largest absolute Gasteiger partial charge is 0.461 e. The highest BCUT2D eigenvalue weighted by atomic mass is 16.6. The van der Waals surface area contributed by atoms with Crippen molar-refractivity contribution in [1.29, 1.82) is 0 Å². The molecule has 5 atom stereocenters. The molecule has 0 N–H and O–H groups in total. The van der Waals surface area contributed by atoms with E-state index in [2.05, 4.69) is 39.7 Å². The van der Waals surface area contributed by atoms with Crippen molar-refractivity contribution in [3.8, 4) is 0 Å². The van der Waals surface area contributed by atoms with Crippen LogP contribution in [0.3, 0.4) is 0 Å². The third-order valence-electron chi connectivity index (χ3n) is 7.74. The Morgan fingerprint density at radius 1 is 1.21 bits per heavy atom. The second-order valence-electron chi connectivity index (χ2n) is 9.68. The first-order valence-corrected chi connectivity index (χ1v) is 11.2. The number of rotatable bonds is 3. The molecule has 0 spiro atoms. The van der Waals surface area contributed by atoms with E-state index in [0.29, 0.717) is 5.92 Å². The average Bonchev–Trinajstić information content (AvgIpc) is 3.01. The lowest BCUT2D eigenvalue weighted by Gasteiger charge is -2.46. The fourth-order valence-electron chi connectivity index (χ4n) is 6.12.